The number of rotatable bonds is 5. The molecule has 0 aliphatic rings. The van der Waals surface area contributed by atoms with E-state index in [1.165, 1.54) is 6.08 Å². The molecule has 0 N–H and O–H groups in total. The van der Waals surface area contributed by atoms with Gasteiger partial charge >= 0.3 is 0 Å². The van der Waals surface area contributed by atoms with E-state index in [9.17, 15) is 8.42 Å². The van der Waals surface area contributed by atoms with Crippen molar-refractivity contribution < 1.29 is 8.42 Å². The minimum atomic E-state index is -3.51. The Morgan fingerprint density at radius 1 is 1.39 bits per heavy atom. The third kappa shape index (κ3) is 2.62. The Morgan fingerprint density at radius 3 is 2.39 bits per heavy atom. The van der Waals surface area contributed by atoms with E-state index < -0.39 is 14.6 Å². The van der Waals surface area contributed by atoms with E-state index in [0.29, 0.717) is 0 Å². The molecule has 18 heavy (non-hydrogen) atoms. The summed E-state index contributed by atoms with van der Waals surface area (Å²) in [5.41, 5.74) is 1.01. The van der Waals surface area contributed by atoms with E-state index in [4.69, 9.17) is 5.26 Å². The molecule has 1 aromatic carbocycles. The second-order valence-corrected chi connectivity index (χ2v) is 6.90. The van der Waals surface area contributed by atoms with Crippen molar-refractivity contribution in [3.63, 3.8) is 0 Å². The molecule has 1 rings (SSSR count). The van der Waals surface area contributed by atoms with Crippen LogP contribution in [0.4, 0.5) is 0 Å². The Kier molecular flexibility index (Phi) is 4.31. The fraction of sp³-hybridized carbons (Fsp3) is 0.357. The lowest BCUT2D eigenvalue weighted by Gasteiger charge is -2.24. The van der Waals surface area contributed by atoms with Crippen LogP contribution in [0.3, 0.4) is 0 Å². The van der Waals surface area contributed by atoms with Gasteiger partial charge in [-0.2, -0.15) is 5.26 Å². The number of nitrogens with zero attached hydrogens (tertiary/aromatic N) is 1. The van der Waals surface area contributed by atoms with Gasteiger partial charge in [0.2, 0.25) is 0 Å². The SMILES string of the molecule is C=CC(C)(CCC#N)S(=O)(=O)c1ccc(C)cc1. The van der Waals surface area contributed by atoms with E-state index >= 15 is 0 Å². The number of sulfone groups is 1. The highest BCUT2D eigenvalue weighted by atomic mass is 32.2. The zero-order valence-corrected chi connectivity index (χ0v) is 11.5. The smallest absolute Gasteiger partial charge is 0.187 e. The highest BCUT2D eigenvalue weighted by Gasteiger charge is 2.36. The molecule has 0 fully saturated rings. The van der Waals surface area contributed by atoms with Crippen LogP contribution in [0.2, 0.25) is 0 Å². The van der Waals surface area contributed by atoms with E-state index in [2.05, 4.69) is 6.58 Å². The van der Waals surface area contributed by atoms with Crippen molar-refractivity contribution in [3.8, 4) is 6.07 Å². The summed E-state index contributed by atoms with van der Waals surface area (Å²) in [6.45, 7) is 7.11. The topological polar surface area (TPSA) is 57.9 Å². The summed E-state index contributed by atoms with van der Waals surface area (Å²) >= 11 is 0. The quantitative estimate of drug-likeness (QED) is 0.767. The Morgan fingerprint density at radius 2 is 1.94 bits per heavy atom. The van der Waals surface area contributed by atoms with Crippen molar-refractivity contribution in [2.45, 2.75) is 36.3 Å². The molecule has 4 heteroatoms. The third-order valence-corrected chi connectivity index (χ3v) is 5.60. The Balaban J connectivity index is 3.23. The Bertz CT molecular complexity index is 567. The van der Waals surface area contributed by atoms with Crippen LogP contribution in [0, 0.1) is 18.3 Å². The number of hydrogen-bond donors (Lipinski definition) is 0. The zero-order chi connectivity index (χ0) is 13.8. The van der Waals surface area contributed by atoms with Crippen LogP contribution in [0.5, 0.6) is 0 Å². The van der Waals surface area contributed by atoms with Crippen LogP contribution in [-0.4, -0.2) is 13.2 Å². The molecule has 96 valence electrons. The fourth-order valence-corrected chi connectivity index (χ4v) is 3.26. The standard InChI is InChI=1S/C14H17NO2S/c1-4-14(3,10-5-11-15)18(16,17)13-8-6-12(2)7-9-13/h4,6-9H,1,5,10H2,2-3H3. The maximum atomic E-state index is 12.5. The maximum absolute atomic E-state index is 12.5. The van der Waals surface area contributed by atoms with Crippen molar-refractivity contribution in [1.29, 1.82) is 5.26 Å². The second kappa shape index (κ2) is 5.36. The summed E-state index contributed by atoms with van der Waals surface area (Å²) in [5, 5.41) is 8.62. The molecule has 0 aliphatic heterocycles. The molecule has 0 amide bonds. The van der Waals surface area contributed by atoms with Gasteiger partial charge in [-0.05, 0) is 32.4 Å². The Labute approximate surface area is 109 Å². The largest absolute Gasteiger partial charge is 0.223 e. The third-order valence-electron chi connectivity index (χ3n) is 3.11. The van der Waals surface area contributed by atoms with Gasteiger partial charge in [-0.25, -0.2) is 8.42 Å². The van der Waals surface area contributed by atoms with Crippen LogP contribution in [0.1, 0.15) is 25.3 Å². The predicted molar refractivity (Wildman–Crippen MR) is 71.8 cm³/mol. The van der Waals surface area contributed by atoms with Crippen molar-refractivity contribution >= 4 is 9.84 Å². The summed E-state index contributed by atoms with van der Waals surface area (Å²) in [7, 11) is -3.51. The van der Waals surface area contributed by atoms with Gasteiger partial charge in [-0.15, -0.1) is 6.58 Å². The van der Waals surface area contributed by atoms with E-state index in [1.807, 2.05) is 13.0 Å². The molecule has 0 spiro atoms. The van der Waals surface area contributed by atoms with Crippen LogP contribution in [0.15, 0.2) is 41.8 Å². The molecule has 1 atom stereocenters. The first-order valence-corrected chi connectivity index (χ1v) is 7.17. The van der Waals surface area contributed by atoms with Gasteiger partial charge < -0.3 is 0 Å². The monoisotopic (exact) mass is 263 g/mol. The summed E-state index contributed by atoms with van der Waals surface area (Å²) in [6, 6.07) is 8.70. The summed E-state index contributed by atoms with van der Waals surface area (Å²) in [6.07, 6.45) is 1.86. The molecule has 0 aliphatic carbocycles. The van der Waals surface area contributed by atoms with Crippen LogP contribution >= 0.6 is 0 Å². The first-order chi connectivity index (χ1) is 8.37. The lowest BCUT2D eigenvalue weighted by atomic mass is 10.1. The van der Waals surface area contributed by atoms with Crippen LogP contribution < -0.4 is 0 Å². The molecular weight excluding hydrogens is 246 g/mol. The number of hydrogen-bond acceptors (Lipinski definition) is 3. The first kappa shape index (κ1) is 14.5. The van der Waals surface area contributed by atoms with Gasteiger partial charge in [-0.3, -0.25) is 0 Å². The lowest BCUT2D eigenvalue weighted by molar-refractivity contribution is 0.552. The molecule has 0 aromatic heterocycles. The molecule has 0 saturated carbocycles. The van der Waals surface area contributed by atoms with Gasteiger partial charge in [-0.1, -0.05) is 23.8 Å². The highest BCUT2D eigenvalue weighted by molar-refractivity contribution is 7.93. The van der Waals surface area contributed by atoms with Crippen LogP contribution in [0.25, 0.3) is 0 Å². The van der Waals surface area contributed by atoms with Crippen molar-refractivity contribution in [2.24, 2.45) is 0 Å². The number of aryl methyl sites for hydroxylation is 1. The minimum absolute atomic E-state index is 0.188. The second-order valence-electron chi connectivity index (χ2n) is 4.49. The molecule has 0 radical (unpaired) electrons. The normalized spacial score (nSPS) is 14.5. The average molecular weight is 263 g/mol. The highest BCUT2D eigenvalue weighted by Crippen LogP contribution is 2.31. The molecule has 1 unspecified atom stereocenters. The van der Waals surface area contributed by atoms with Gasteiger partial charge in [0.05, 0.1) is 15.7 Å². The van der Waals surface area contributed by atoms with Crippen molar-refractivity contribution in [2.75, 3.05) is 0 Å². The fourth-order valence-electron chi connectivity index (χ4n) is 1.64. The van der Waals surface area contributed by atoms with Gasteiger partial charge in [0.1, 0.15) is 0 Å². The lowest BCUT2D eigenvalue weighted by Crippen LogP contribution is -2.33. The summed E-state index contributed by atoms with van der Waals surface area (Å²) in [5.74, 6) is 0. The van der Waals surface area contributed by atoms with Crippen molar-refractivity contribution in [3.05, 3.63) is 42.5 Å². The molecular formula is C14H17NO2S. The maximum Gasteiger partial charge on any atom is 0.187 e. The number of benzene rings is 1. The molecule has 3 nitrogen and oxygen atoms in total. The first-order valence-electron chi connectivity index (χ1n) is 5.69. The molecule has 0 bridgehead atoms. The van der Waals surface area contributed by atoms with E-state index in [1.54, 1.807) is 31.2 Å². The van der Waals surface area contributed by atoms with Crippen molar-refractivity contribution in [1.82, 2.24) is 0 Å². The van der Waals surface area contributed by atoms with Crippen LogP contribution in [-0.2, 0) is 9.84 Å². The Hall–Kier alpha value is -1.60. The molecule has 0 saturated heterocycles. The summed E-state index contributed by atoms with van der Waals surface area (Å²) in [4.78, 5) is 0.272. The minimum Gasteiger partial charge on any atom is -0.223 e. The van der Waals surface area contributed by atoms with Gasteiger partial charge in [0.25, 0.3) is 0 Å². The number of nitriles is 1. The predicted octanol–water partition coefficient (Wildman–Crippen LogP) is 3.02. The molecule has 1 aromatic rings. The summed E-state index contributed by atoms with van der Waals surface area (Å²) < 4.78 is 23.9. The van der Waals surface area contributed by atoms with E-state index in [-0.39, 0.29) is 17.7 Å². The van der Waals surface area contributed by atoms with Gasteiger partial charge in [0.15, 0.2) is 9.84 Å². The zero-order valence-electron chi connectivity index (χ0n) is 10.7. The van der Waals surface area contributed by atoms with E-state index in [0.717, 1.165) is 5.56 Å². The molecule has 0 heterocycles. The van der Waals surface area contributed by atoms with Gasteiger partial charge in [0, 0.05) is 6.42 Å². The average Bonchev–Trinajstić information content (AvgIpc) is 2.36.